The molecule has 0 aromatic heterocycles. The van der Waals surface area contributed by atoms with Gasteiger partial charge in [0.1, 0.15) is 0 Å². The molecule has 2 saturated heterocycles. The van der Waals surface area contributed by atoms with E-state index in [2.05, 4.69) is 41.1 Å². The van der Waals surface area contributed by atoms with Crippen LogP contribution in [-0.4, -0.2) is 47.8 Å². The van der Waals surface area contributed by atoms with Crippen molar-refractivity contribution in [2.45, 2.75) is 61.6 Å². The number of hydrogen-bond acceptors (Lipinski definition) is 3. The highest BCUT2D eigenvalue weighted by molar-refractivity contribution is 5.69. The molecule has 3 nitrogen and oxygen atoms in total. The first-order chi connectivity index (χ1) is 11.2. The minimum Gasteiger partial charge on any atom is -0.392 e. The molecule has 3 aliphatic heterocycles. The smallest absolute Gasteiger partial charge is 0.0624 e. The van der Waals surface area contributed by atoms with Crippen molar-refractivity contribution in [3.63, 3.8) is 0 Å². The van der Waals surface area contributed by atoms with E-state index in [1.165, 1.54) is 44.3 Å². The van der Waals surface area contributed by atoms with Crippen LogP contribution in [0.15, 0.2) is 24.3 Å². The maximum atomic E-state index is 11.0. The van der Waals surface area contributed by atoms with Gasteiger partial charge in [-0.2, -0.15) is 0 Å². The van der Waals surface area contributed by atoms with Crippen molar-refractivity contribution in [1.29, 1.82) is 0 Å². The number of anilines is 1. The average Bonchev–Trinajstić information content (AvgIpc) is 3.10. The second kappa shape index (κ2) is 3.78. The van der Waals surface area contributed by atoms with Gasteiger partial charge in [0.2, 0.25) is 0 Å². The van der Waals surface area contributed by atoms with Crippen LogP contribution in [0.1, 0.15) is 44.1 Å². The molecular formula is C20H26N2O. The van der Waals surface area contributed by atoms with Gasteiger partial charge in [-0.1, -0.05) is 18.2 Å². The molecule has 3 spiro atoms. The zero-order chi connectivity index (χ0) is 15.4. The van der Waals surface area contributed by atoms with E-state index in [-0.39, 0.29) is 16.9 Å². The second-order valence-electron chi connectivity index (χ2n) is 8.81. The molecule has 0 amide bonds. The number of benzene rings is 1. The predicted molar refractivity (Wildman–Crippen MR) is 90.8 cm³/mol. The van der Waals surface area contributed by atoms with Crippen LogP contribution in [0.4, 0.5) is 5.69 Å². The van der Waals surface area contributed by atoms with Crippen LogP contribution in [-0.2, 0) is 5.41 Å². The monoisotopic (exact) mass is 310 g/mol. The average molecular weight is 310 g/mol. The number of para-hydroxylation sites is 1. The van der Waals surface area contributed by atoms with E-state index in [1.54, 1.807) is 5.56 Å². The zero-order valence-electron chi connectivity index (χ0n) is 14.0. The summed E-state index contributed by atoms with van der Waals surface area (Å²) in [6, 6.07) is 9.73. The first-order valence-corrected chi connectivity index (χ1v) is 9.41. The standard InChI is InChI=1S/C20H26N2O/c1-21-15-5-3-2-4-14(15)20-11-13-22-12-6-16(23)18(17(20)22)7-9-19(20,21)10-8-18/h2-5,16-17,23H,6-13H2,1H3/t16?,17-,18?,19?,20+/m0/s1. The Hall–Kier alpha value is -1.06. The first-order valence-electron chi connectivity index (χ1n) is 9.41. The third-order valence-electron chi connectivity index (χ3n) is 8.75. The molecule has 3 saturated carbocycles. The Balaban J connectivity index is 1.68. The van der Waals surface area contributed by atoms with Crippen molar-refractivity contribution >= 4 is 5.69 Å². The molecular weight excluding hydrogens is 284 g/mol. The van der Waals surface area contributed by atoms with Gasteiger partial charge in [0, 0.05) is 36.2 Å². The summed E-state index contributed by atoms with van der Waals surface area (Å²) in [5, 5.41) is 11.0. The SMILES string of the molecule is CN1c2ccccc2[C@@]23CCN4CCC(O)C5(CCC12CC5)[C@H]43. The summed E-state index contributed by atoms with van der Waals surface area (Å²) in [6.45, 7) is 2.32. The van der Waals surface area contributed by atoms with Crippen LogP contribution >= 0.6 is 0 Å². The van der Waals surface area contributed by atoms with Crippen molar-refractivity contribution in [3.8, 4) is 0 Å². The van der Waals surface area contributed by atoms with Gasteiger partial charge in [-0.15, -0.1) is 0 Å². The van der Waals surface area contributed by atoms with Crippen molar-refractivity contribution in [1.82, 2.24) is 4.90 Å². The van der Waals surface area contributed by atoms with E-state index in [0.29, 0.717) is 11.6 Å². The number of likely N-dealkylation sites (N-methyl/N-ethyl adjacent to an activating group) is 1. The normalized spacial score (nSPS) is 49.9. The highest BCUT2D eigenvalue weighted by Gasteiger charge is 2.77. The fourth-order valence-corrected chi connectivity index (χ4v) is 7.96. The van der Waals surface area contributed by atoms with Gasteiger partial charge in [-0.3, -0.25) is 4.90 Å². The summed E-state index contributed by atoms with van der Waals surface area (Å²) < 4.78 is 0. The zero-order valence-corrected chi connectivity index (χ0v) is 14.0. The lowest BCUT2D eigenvalue weighted by Gasteiger charge is -2.69. The summed E-state index contributed by atoms with van der Waals surface area (Å²) in [7, 11) is 2.34. The Morgan fingerprint density at radius 2 is 1.83 bits per heavy atom. The summed E-state index contributed by atoms with van der Waals surface area (Å²) in [5.74, 6) is 0. The summed E-state index contributed by atoms with van der Waals surface area (Å²) in [5.41, 5.74) is 3.78. The summed E-state index contributed by atoms with van der Waals surface area (Å²) >= 11 is 0. The van der Waals surface area contributed by atoms with Gasteiger partial charge in [-0.25, -0.2) is 0 Å². The number of hydrogen-bond donors (Lipinski definition) is 1. The number of aliphatic hydroxyl groups excluding tert-OH is 1. The van der Waals surface area contributed by atoms with Crippen molar-refractivity contribution in [2.24, 2.45) is 5.41 Å². The molecule has 1 N–H and O–H groups in total. The van der Waals surface area contributed by atoms with Crippen LogP contribution in [0.3, 0.4) is 0 Å². The van der Waals surface area contributed by atoms with E-state index < -0.39 is 0 Å². The van der Waals surface area contributed by atoms with Gasteiger partial charge in [-0.05, 0) is 56.7 Å². The van der Waals surface area contributed by atoms with Crippen LogP contribution in [0.5, 0.6) is 0 Å². The molecule has 2 bridgehead atoms. The first kappa shape index (κ1) is 13.3. The summed E-state index contributed by atoms with van der Waals surface area (Å²) in [4.78, 5) is 5.41. The van der Waals surface area contributed by atoms with Gasteiger partial charge in [0.15, 0.2) is 0 Å². The van der Waals surface area contributed by atoms with Crippen LogP contribution in [0.2, 0.25) is 0 Å². The Morgan fingerprint density at radius 1 is 1.04 bits per heavy atom. The van der Waals surface area contributed by atoms with Crippen LogP contribution in [0, 0.1) is 5.41 Å². The van der Waals surface area contributed by atoms with Crippen LogP contribution < -0.4 is 4.90 Å². The Kier molecular flexibility index (Phi) is 2.18. The second-order valence-corrected chi connectivity index (χ2v) is 8.81. The molecule has 1 unspecified atom stereocenters. The lowest BCUT2D eigenvalue weighted by molar-refractivity contribution is -0.166. The van der Waals surface area contributed by atoms with Gasteiger partial charge in [0.05, 0.1) is 11.6 Å². The molecule has 6 aliphatic rings. The number of piperidine rings is 1. The predicted octanol–water partition coefficient (Wildman–Crippen LogP) is 2.53. The van der Waals surface area contributed by atoms with E-state index in [0.717, 1.165) is 13.0 Å². The van der Waals surface area contributed by atoms with E-state index in [9.17, 15) is 5.11 Å². The van der Waals surface area contributed by atoms with Crippen LogP contribution in [0.25, 0.3) is 0 Å². The third kappa shape index (κ3) is 1.12. The number of fused-ring (bicyclic) bond motifs is 3. The quantitative estimate of drug-likeness (QED) is 0.798. The van der Waals surface area contributed by atoms with Gasteiger partial charge < -0.3 is 10.0 Å². The molecule has 1 aromatic rings. The number of nitrogens with zero attached hydrogens (tertiary/aromatic N) is 2. The molecule has 3 heterocycles. The Morgan fingerprint density at radius 3 is 2.65 bits per heavy atom. The van der Waals surface area contributed by atoms with Gasteiger partial charge >= 0.3 is 0 Å². The molecule has 3 atom stereocenters. The van der Waals surface area contributed by atoms with Crippen molar-refractivity contribution < 1.29 is 5.11 Å². The Labute approximate surface area is 138 Å². The third-order valence-corrected chi connectivity index (χ3v) is 8.75. The topological polar surface area (TPSA) is 26.7 Å². The number of rotatable bonds is 0. The maximum absolute atomic E-state index is 11.0. The maximum Gasteiger partial charge on any atom is 0.0624 e. The minimum absolute atomic E-state index is 0.0879. The highest BCUT2D eigenvalue weighted by atomic mass is 16.3. The molecule has 0 radical (unpaired) electrons. The van der Waals surface area contributed by atoms with Gasteiger partial charge in [0.25, 0.3) is 0 Å². The largest absolute Gasteiger partial charge is 0.392 e. The molecule has 23 heavy (non-hydrogen) atoms. The lowest BCUT2D eigenvalue weighted by Crippen LogP contribution is -2.76. The fourth-order valence-electron chi connectivity index (χ4n) is 7.96. The van der Waals surface area contributed by atoms with E-state index in [4.69, 9.17) is 0 Å². The van der Waals surface area contributed by atoms with Crippen molar-refractivity contribution in [3.05, 3.63) is 29.8 Å². The molecule has 3 heteroatoms. The minimum atomic E-state index is -0.0879. The molecule has 7 rings (SSSR count). The van der Waals surface area contributed by atoms with E-state index in [1.807, 2.05) is 0 Å². The lowest BCUT2D eigenvalue weighted by atomic mass is 9.41. The molecule has 5 fully saturated rings. The molecule has 122 valence electrons. The molecule has 1 aromatic carbocycles. The molecule has 3 aliphatic carbocycles. The van der Waals surface area contributed by atoms with Crippen molar-refractivity contribution in [2.75, 3.05) is 25.0 Å². The highest BCUT2D eigenvalue weighted by Crippen LogP contribution is 2.73. The Bertz CT molecular complexity index is 693. The van der Waals surface area contributed by atoms with E-state index >= 15 is 0 Å². The fraction of sp³-hybridized carbons (Fsp3) is 0.700. The summed E-state index contributed by atoms with van der Waals surface area (Å²) in [6.07, 6.45) is 7.14. The number of aliphatic hydroxyl groups is 1.